The van der Waals surface area contributed by atoms with Crippen LogP contribution in [0.2, 0.25) is 0 Å². The summed E-state index contributed by atoms with van der Waals surface area (Å²) in [7, 11) is 0. The maximum Gasteiger partial charge on any atom is 0.222 e. The first-order valence-electron chi connectivity index (χ1n) is 10.1. The highest BCUT2D eigenvalue weighted by Crippen LogP contribution is 2.29. The van der Waals surface area contributed by atoms with Crippen molar-refractivity contribution in [1.82, 2.24) is 19.5 Å². The first-order valence-corrected chi connectivity index (χ1v) is 10.1. The van der Waals surface area contributed by atoms with Gasteiger partial charge in [0.25, 0.3) is 0 Å². The van der Waals surface area contributed by atoms with Gasteiger partial charge in [0.2, 0.25) is 5.95 Å². The fourth-order valence-corrected chi connectivity index (χ4v) is 3.30. The molecule has 0 spiro atoms. The summed E-state index contributed by atoms with van der Waals surface area (Å²) < 4.78 is 20.9. The highest BCUT2D eigenvalue weighted by molar-refractivity contribution is 5.83. The smallest absolute Gasteiger partial charge is 0.222 e. The van der Waals surface area contributed by atoms with E-state index in [1.54, 1.807) is 24.5 Å². The van der Waals surface area contributed by atoms with E-state index < -0.39 is 0 Å². The predicted octanol–water partition coefficient (Wildman–Crippen LogP) is 4.63. The molecule has 0 unspecified atom stereocenters. The van der Waals surface area contributed by atoms with Crippen LogP contribution in [0.5, 0.6) is 0 Å². The Kier molecular flexibility index (Phi) is 5.99. The normalized spacial score (nSPS) is 11.2. The molecule has 0 aliphatic carbocycles. The van der Waals surface area contributed by atoms with Crippen molar-refractivity contribution >= 4 is 17.0 Å². The van der Waals surface area contributed by atoms with Crippen LogP contribution in [0.4, 0.5) is 10.3 Å². The molecule has 0 amide bonds. The number of hydrogen-bond donors (Lipinski definition) is 1. The summed E-state index contributed by atoms with van der Waals surface area (Å²) in [4.78, 5) is 13.7. The monoisotopic (exact) mass is 405 g/mol. The molecule has 154 valence electrons. The second kappa shape index (κ2) is 9.00. The average Bonchev–Trinajstić information content (AvgIpc) is 3.16. The van der Waals surface area contributed by atoms with Gasteiger partial charge in [-0.15, -0.1) is 0 Å². The molecular weight excluding hydrogens is 381 g/mol. The van der Waals surface area contributed by atoms with E-state index in [2.05, 4.69) is 34.3 Å². The van der Waals surface area contributed by atoms with Crippen LogP contribution < -0.4 is 5.32 Å². The fourth-order valence-electron chi connectivity index (χ4n) is 3.30. The maximum atomic E-state index is 13.5. The second-order valence-corrected chi connectivity index (χ2v) is 6.84. The molecule has 0 fully saturated rings. The number of fused-ring (bicyclic) bond motifs is 1. The molecule has 6 nitrogen and oxygen atoms in total. The van der Waals surface area contributed by atoms with Gasteiger partial charge in [-0.3, -0.25) is 4.57 Å². The molecule has 0 radical (unpaired) electrons. The van der Waals surface area contributed by atoms with Crippen molar-refractivity contribution < 1.29 is 9.13 Å². The molecule has 30 heavy (non-hydrogen) atoms. The van der Waals surface area contributed by atoms with Gasteiger partial charge in [-0.25, -0.2) is 19.3 Å². The number of imidazole rings is 1. The number of anilines is 1. The molecule has 0 saturated heterocycles. The number of ether oxygens (including phenoxy) is 1. The minimum atomic E-state index is -0.273. The maximum absolute atomic E-state index is 13.5. The second-order valence-electron chi connectivity index (χ2n) is 6.84. The third-order valence-electron chi connectivity index (χ3n) is 4.86. The lowest BCUT2D eigenvalue weighted by Gasteiger charge is -2.10. The zero-order chi connectivity index (χ0) is 20.9. The number of benzene rings is 2. The number of rotatable bonds is 8. The molecule has 0 aliphatic heterocycles. The lowest BCUT2D eigenvalue weighted by Crippen LogP contribution is -2.11. The SMILES string of the molecule is CCOCCNc1ncc(-c2nc3ccc(CC)cc3n2-c2ccc(F)cc2)cn1. The predicted molar refractivity (Wildman–Crippen MR) is 116 cm³/mol. The van der Waals surface area contributed by atoms with E-state index in [0.717, 1.165) is 28.7 Å². The number of nitrogens with one attached hydrogen (secondary N) is 1. The van der Waals surface area contributed by atoms with E-state index in [0.29, 0.717) is 31.5 Å². The molecule has 2 aromatic carbocycles. The van der Waals surface area contributed by atoms with E-state index >= 15 is 0 Å². The van der Waals surface area contributed by atoms with Crippen molar-refractivity contribution in [3.63, 3.8) is 0 Å². The van der Waals surface area contributed by atoms with Crippen LogP contribution in [0.15, 0.2) is 54.9 Å². The van der Waals surface area contributed by atoms with Gasteiger partial charge in [0, 0.05) is 31.2 Å². The van der Waals surface area contributed by atoms with Crippen LogP contribution >= 0.6 is 0 Å². The summed E-state index contributed by atoms with van der Waals surface area (Å²) in [6.07, 6.45) is 4.42. The van der Waals surface area contributed by atoms with Gasteiger partial charge in [-0.2, -0.15) is 0 Å². The average molecular weight is 405 g/mol. The number of aromatic nitrogens is 4. The number of halogens is 1. The summed E-state index contributed by atoms with van der Waals surface area (Å²) in [5, 5.41) is 3.14. The quantitative estimate of drug-likeness (QED) is 0.433. The molecule has 7 heteroatoms. The zero-order valence-electron chi connectivity index (χ0n) is 17.1. The molecule has 2 aromatic heterocycles. The van der Waals surface area contributed by atoms with Crippen molar-refractivity contribution in [2.45, 2.75) is 20.3 Å². The summed E-state index contributed by atoms with van der Waals surface area (Å²) in [6, 6.07) is 12.6. The van der Waals surface area contributed by atoms with E-state index in [4.69, 9.17) is 9.72 Å². The van der Waals surface area contributed by atoms with Crippen LogP contribution in [-0.2, 0) is 11.2 Å². The molecule has 0 saturated carbocycles. The zero-order valence-corrected chi connectivity index (χ0v) is 17.1. The lowest BCUT2D eigenvalue weighted by atomic mass is 10.1. The lowest BCUT2D eigenvalue weighted by molar-refractivity contribution is 0.158. The summed E-state index contributed by atoms with van der Waals surface area (Å²) >= 11 is 0. The van der Waals surface area contributed by atoms with Crippen molar-refractivity contribution in [3.05, 3.63) is 66.2 Å². The first-order chi connectivity index (χ1) is 14.7. The molecule has 2 heterocycles. The third-order valence-corrected chi connectivity index (χ3v) is 4.86. The molecular formula is C23H24FN5O. The Hall–Kier alpha value is -3.32. The van der Waals surface area contributed by atoms with Gasteiger partial charge >= 0.3 is 0 Å². The Morgan fingerprint density at radius 2 is 1.80 bits per heavy atom. The van der Waals surface area contributed by atoms with Gasteiger partial charge in [0.05, 0.1) is 23.2 Å². The first kappa shape index (κ1) is 20.0. The topological polar surface area (TPSA) is 64.9 Å². The molecule has 1 N–H and O–H groups in total. The number of aryl methyl sites for hydroxylation is 1. The molecule has 0 aliphatic rings. The standard InChI is InChI=1S/C23H24FN5O/c1-3-16-5-10-20-21(13-16)29(19-8-6-18(24)7-9-19)22(28-20)17-14-26-23(27-15-17)25-11-12-30-4-2/h5-10,13-15H,3-4,11-12H2,1-2H3,(H,25,26,27). The molecule has 4 aromatic rings. The minimum Gasteiger partial charge on any atom is -0.380 e. The van der Waals surface area contributed by atoms with Gasteiger partial charge in [0.1, 0.15) is 11.6 Å². The molecule has 0 bridgehead atoms. The molecule has 0 atom stereocenters. The third kappa shape index (κ3) is 4.16. The van der Waals surface area contributed by atoms with Crippen LogP contribution in [0.25, 0.3) is 28.1 Å². The van der Waals surface area contributed by atoms with Crippen molar-refractivity contribution in [2.24, 2.45) is 0 Å². The van der Waals surface area contributed by atoms with E-state index in [1.165, 1.54) is 17.7 Å². The van der Waals surface area contributed by atoms with Gasteiger partial charge in [-0.1, -0.05) is 13.0 Å². The van der Waals surface area contributed by atoms with Crippen molar-refractivity contribution in [2.75, 3.05) is 25.1 Å². The summed E-state index contributed by atoms with van der Waals surface area (Å²) in [5.41, 5.74) is 4.66. The van der Waals surface area contributed by atoms with Crippen LogP contribution in [0.1, 0.15) is 19.4 Å². The molecule has 4 rings (SSSR count). The van der Waals surface area contributed by atoms with Crippen molar-refractivity contribution in [1.29, 1.82) is 0 Å². The van der Waals surface area contributed by atoms with E-state index in [-0.39, 0.29) is 5.82 Å². The number of hydrogen-bond acceptors (Lipinski definition) is 5. The van der Waals surface area contributed by atoms with Gasteiger partial charge < -0.3 is 10.1 Å². The van der Waals surface area contributed by atoms with E-state index in [9.17, 15) is 4.39 Å². The van der Waals surface area contributed by atoms with Crippen LogP contribution in [-0.4, -0.2) is 39.3 Å². The van der Waals surface area contributed by atoms with Crippen LogP contribution in [0.3, 0.4) is 0 Å². The van der Waals surface area contributed by atoms with Gasteiger partial charge in [0.15, 0.2) is 0 Å². The minimum absolute atomic E-state index is 0.273. The summed E-state index contributed by atoms with van der Waals surface area (Å²) in [6.45, 7) is 6.00. The van der Waals surface area contributed by atoms with Gasteiger partial charge in [-0.05, 0) is 55.3 Å². The number of nitrogens with zero attached hydrogens (tertiary/aromatic N) is 4. The fraction of sp³-hybridized carbons (Fsp3) is 0.261. The Morgan fingerprint density at radius 3 is 2.50 bits per heavy atom. The van der Waals surface area contributed by atoms with Crippen molar-refractivity contribution in [3.8, 4) is 17.1 Å². The van der Waals surface area contributed by atoms with Crippen LogP contribution in [0, 0.1) is 5.82 Å². The Morgan fingerprint density at radius 1 is 1.03 bits per heavy atom. The highest BCUT2D eigenvalue weighted by Gasteiger charge is 2.16. The Labute approximate surface area is 174 Å². The highest BCUT2D eigenvalue weighted by atomic mass is 19.1. The Bertz CT molecular complexity index is 1120. The largest absolute Gasteiger partial charge is 0.380 e. The van der Waals surface area contributed by atoms with E-state index in [1.807, 2.05) is 17.6 Å². The Balaban J connectivity index is 1.74. The summed E-state index contributed by atoms with van der Waals surface area (Å²) in [5.74, 6) is 0.978.